The molecule has 0 heterocycles. The van der Waals surface area contributed by atoms with Crippen molar-refractivity contribution in [2.75, 3.05) is 18.3 Å². The minimum absolute atomic E-state index is 0.0719. The van der Waals surface area contributed by atoms with Gasteiger partial charge in [-0.15, -0.1) is 0 Å². The second-order valence-electron chi connectivity index (χ2n) is 3.48. The number of anilines is 2. The third kappa shape index (κ3) is 2.81. The molecule has 0 spiro atoms. The van der Waals surface area contributed by atoms with E-state index in [4.69, 9.17) is 20.9 Å². The molecule has 17 heavy (non-hydrogen) atoms. The SMILES string of the molecule is Nc1ccccc1OCOc1ccccc1N. The minimum atomic E-state index is 0.0719. The number of ether oxygens (including phenoxy) is 2. The van der Waals surface area contributed by atoms with Gasteiger partial charge in [0.25, 0.3) is 0 Å². The van der Waals surface area contributed by atoms with E-state index in [-0.39, 0.29) is 6.79 Å². The third-order valence-corrected chi connectivity index (χ3v) is 2.27. The first-order valence-electron chi connectivity index (χ1n) is 5.22. The average molecular weight is 230 g/mol. The second kappa shape index (κ2) is 5.12. The van der Waals surface area contributed by atoms with Crippen LogP contribution < -0.4 is 20.9 Å². The highest BCUT2D eigenvalue weighted by Crippen LogP contribution is 2.22. The summed E-state index contributed by atoms with van der Waals surface area (Å²) in [6.07, 6.45) is 0. The summed E-state index contributed by atoms with van der Waals surface area (Å²) in [6.45, 7) is 0.0719. The van der Waals surface area contributed by atoms with Gasteiger partial charge in [-0.3, -0.25) is 0 Å². The number of nitrogens with two attached hydrogens (primary N) is 2. The predicted octanol–water partition coefficient (Wildman–Crippen LogP) is 2.27. The summed E-state index contributed by atoms with van der Waals surface area (Å²) in [7, 11) is 0. The summed E-state index contributed by atoms with van der Waals surface area (Å²) in [4.78, 5) is 0. The van der Waals surface area contributed by atoms with Gasteiger partial charge in [-0.25, -0.2) is 0 Å². The largest absolute Gasteiger partial charge is 0.455 e. The van der Waals surface area contributed by atoms with Crippen LogP contribution in [0.3, 0.4) is 0 Å². The Morgan fingerprint density at radius 3 is 1.53 bits per heavy atom. The van der Waals surface area contributed by atoms with Crippen LogP contribution in [-0.4, -0.2) is 6.79 Å². The molecule has 4 heteroatoms. The zero-order chi connectivity index (χ0) is 12.1. The van der Waals surface area contributed by atoms with Gasteiger partial charge in [0.15, 0.2) is 0 Å². The van der Waals surface area contributed by atoms with Gasteiger partial charge >= 0.3 is 0 Å². The molecule has 0 fully saturated rings. The first-order chi connectivity index (χ1) is 8.27. The fourth-order valence-electron chi connectivity index (χ4n) is 1.38. The summed E-state index contributed by atoms with van der Waals surface area (Å²) in [5.74, 6) is 1.20. The molecular formula is C13H14N2O2. The van der Waals surface area contributed by atoms with Gasteiger partial charge in [0, 0.05) is 0 Å². The lowest BCUT2D eigenvalue weighted by atomic mass is 10.3. The van der Waals surface area contributed by atoms with Crippen LogP contribution in [0.2, 0.25) is 0 Å². The summed E-state index contributed by atoms with van der Waals surface area (Å²) in [6, 6.07) is 14.5. The van der Waals surface area contributed by atoms with Crippen molar-refractivity contribution >= 4 is 11.4 Å². The van der Waals surface area contributed by atoms with Crippen LogP contribution in [0.25, 0.3) is 0 Å². The lowest BCUT2D eigenvalue weighted by Gasteiger charge is -2.11. The van der Waals surface area contributed by atoms with Gasteiger partial charge in [-0.05, 0) is 24.3 Å². The Bertz CT molecular complexity index is 455. The van der Waals surface area contributed by atoms with Gasteiger partial charge < -0.3 is 20.9 Å². The van der Waals surface area contributed by atoms with E-state index in [1.165, 1.54) is 0 Å². The van der Waals surface area contributed by atoms with Crippen molar-refractivity contribution in [3.63, 3.8) is 0 Å². The van der Waals surface area contributed by atoms with Crippen LogP contribution in [0.5, 0.6) is 11.5 Å². The molecule has 0 unspecified atom stereocenters. The summed E-state index contributed by atoms with van der Waals surface area (Å²) >= 11 is 0. The van der Waals surface area contributed by atoms with Crippen LogP contribution in [0, 0.1) is 0 Å². The molecule has 4 N–H and O–H groups in total. The molecular weight excluding hydrogens is 216 g/mol. The highest BCUT2D eigenvalue weighted by atomic mass is 16.7. The topological polar surface area (TPSA) is 70.5 Å². The fraction of sp³-hybridized carbons (Fsp3) is 0.0769. The first-order valence-corrected chi connectivity index (χ1v) is 5.22. The Balaban J connectivity index is 1.93. The molecule has 0 aromatic heterocycles. The van der Waals surface area contributed by atoms with Gasteiger partial charge in [0.1, 0.15) is 11.5 Å². The second-order valence-corrected chi connectivity index (χ2v) is 3.48. The smallest absolute Gasteiger partial charge is 0.231 e. The Morgan fingerprint density at radius 1 is 0.706 bits per heavy atom. The van der Waals surface area contributed by atoms with Crippen molar-refractivity contribution in [2.45, 2.75) is 0 Å². The minimum Gasteiger partial charge on any atom is -0.455 e. The summed E-state index contributed by atoms with van der Waals surface area (Å²) in [5.41, 5.74) is 12.6. The standard InChI is InChI=1S/C13H14N2O2/c14-10-5-1-3-7-12(10)16-9-17-13-8-4-2-6-11(13)15/h1-8H,9,14-15H2. The Labute approximate surface area is 99.8 Å². The van der Waals surface area contributed by atoms with Crippen molar-refractivity contribution in [3.05, 3.63) is 48.5 Å². The first kappa shape index (κ1) is 11.1. The number of hydrogen-bond acceptors (Lipinski definition) is 4. The molecule has 2 rings (SSSR count). The molecule has 2 aromatic carbocycles. The zero-order valence-electron chi connectivity index (χ0n) is 9.30. The number of hydrogen-bond donors (Lipinski definition) is 2. The molecule has 4 nitrogen and oxygen atoms in total. The van der Waals surface area contributed by atoms with Gasteiger partial charge in [-0.2, -0.15) is 0 Å². The number of rotatable bonds is 4. The average Bonchev–Trinajstić information content (AvgIpc) is 2.34. The summed E-state index contributed by atoms with van der Waals surface area (Å²) < 4.78 is 10.8. The van der Waals surface area contributed by atoms with Crippen molar-refractivity contribution in [3.8, 4) is 11.5 Å². The van der Waals surface area contributed by atoms with Gasteiger partial charge in [-0.1, -0.05) is 24.3 Å². The van der Waals surface area contributed by atoms with Crippen LogP contribution in [-0.2, 0) is 0 Å². The molecule has 0 radical (unpaired) electrons. The van der Waals surface area contributed by atoms with Crippen LogP contribution in [0.4, 0.5) is 11.4 Å². The zero-order valence-corrected chi connectivity index (χ0v) is 9.30. The monoisotopic (exact) mass is 230 g/mol. The number of benzene rings is 2. The third-order valence-electron chi connectivity index (χ3n) is 2.27. The molecule has 0 amide bonds. The van der Waals surface area contributed by atoms with Crippen LogP contribution in [0.15, 0.2) is 48.5 Å². The molecule has 2 aromatic rings. The van der Waals surface area contributed by atoms with Crippen LogP contribution in [0.1, 0.15) is 0 Å². The molecule has 0 aliphatic carbocycles. The molecule has 88 valence electrons. The van der Waals surface area contributed by atoms with Crippen molar-refractivity contribution in [1.29, 1.82) is 0 Å². The lowest BCUT2D eigenvalue weighted by molar-refractivity contribution is 0.121. The summed E-state index contributed by atoms with van der Waals surface area (Å²) in [5, 5.41) is 0. The normalized spacial score (nSPS) is 9.88. The molecule has 0 aliphatic rings. The Kier molecular flexibility index (Phi) is 3.35. The van der Waals surface area contributed by atoms with Gasteiger partial charge in [0.05, 0.1) is 11.4 Å². The number of para-hydroxylation sites is 4. The predicted molar refractivity (Wildman–Crippen MR) is 67.8 cm³/mol. The van der Waals surface area contributed by atoms with Crippen molar-refractivity contribution in [1.82, 2.24) is 0 Å². The van der Waals surface area contributed by atoms with E-state index in [1.54, 1.807) is 24.3 Å². The maximum atomic E-state index is 5.72. The number of nitrogen functional groups attached to an aromatic ring is 2. The highest BCUT2D eigenvalue weighted by molar-refractivity contribution is 5.52. The van der Waals surface area contributed by atoms with Gasteiger partial charge in [0.2, 0.25) is 6.79 Å². The van der Waals surface area contributed by atoms with Crippen molar-refractivity contribution < 1.29 is 9.47 Å². The van der Waals surface area contributed by atoms with E-state index in [0.29, 0.717) is 22.9 Å². The van der Waals surface area contributed by atoms with E-state index in [2.05, 4.69) is 0 Å². The quantitative estimate of drug-likeness (QED) is 0.624. The van der Waals surface area contributed by atoms with Crippen molar-refractivity contribution in [2.24, 2.45) is 0 Å². The fourth-order valence-corrected chi connectivity index (χ4v) is 1.38. The van der Waals surface area contributed by atoms with Crippen LogP contribution >= 0.6 is 0 Å². The molecule has 0 saturated heterocycles. The highest BCUT2D eigenvalue weighted by Gasteiger charge is 2.00. The Morgan fingerprint density at radius 2 is 1.12 bits per heavy atom. The molecule has 0 bridgehead atoms. The van der Waals surface area contributed by atoms with E-state index in [9.17, 15) is 0 Å². The lowest BCUT2D eigenvalue weighted by Crippen LogP contribution is -2.08. The maximum Gasteiger partial charge on any atom is 0.231 e. The van der Waals surface area contributed by atoms with E-state index >= 15 is 0 Å². The molecule has 0 atom stereocenters. The van der Waals surface area contributed by atoms with E-state index < -0.39 is 0 Å². The Hall–Kier alpha value is -2.36. The van der Waals surface area contributed by atoms with E-state index in [1.807, 2.05) is 24.3 Å². The van der Waals surface area contributed by atoms with E-state index in [0.717, 1.165) is 0 Å². The molecule has 0 aliphatic heterocycles. The maximum absolute atomic E-state index is 5.72. The molecule has 0 saturated carbocycles.